The van der Waals surface area contributed by atoms with E-state index in [-0.39, 0.29) is 5.78 Å². The second-order valence-electron chi connectivity index (χ2n) is 4.93. The van der Waals surface area contributed by atoms with Crippen LogP contribution in [0.1, 0.15) is 37.0 Å². The quantitative estimate of drug-likeness (QED) is 0.837. The molecule has 0 aromatic heterocycles. The number of carbonyl (C=O) groups excluding carboxylic acids is 2. The number of amides is 1. The molecular formula is C15H17NO5. The van der Waals surface area contributed by atoms with Crippen molar-refractivity contribution in [3.63, 3.8) is 0 Å². The molecule has 1 atom stereocenters. The number of ketones is 1. The fourth-order valence-corrected chi connectivity index (χ4v) is 2.25. The van der Waals surface area contributed by atoms with E-state index < -0.39 is 24.5 Å². The number of Topliss-reactive ketones (excluding diaryl/α,β-unsaturated/α-hetero) is 1. The molecule has 1 aromatic carbocycles. The standard InChI is InChI=1S/C15H17NO5/c1-3-4-12(17)10-5-6-13-11(7-10)16(8-14(18)19)15(20)9(2)21-13/h5-7,9H,3-4,8H2,1-2H3,(H,18,19)/t9-/m0/s1. The number of benzene rings is 1. The smallest absolute Gasteiger partial charge is 0.323 e. The van der Waals surface area contributed by atoms with E-state index in [1.807, 2.05) is 6.92 Å². The summed E-state index contributed by atoms with van der Waals surface area (Å²) in [5.74, 6) is -1.17. The number of nitrogens with zero attached hydrogens (tertiary/aromatic N) is 1. The van der Waals surface area contributed by atoms with Crippen molar-refractivity contribution in [2.24, 2.45) is 0 Å². The maximum absolute atomic E-state index is 12.1. The predicted octanol–water partition coefficient (Wildman–Crippen LogP) is 1.87. The Balaban J connectivity index is 2.42. The first-order valence-corrected chi connectivity index (χ1v) is 6.81. The summed E-state index contributed by atoms with van der Waals surface area (Å²) in [7, 11) is 0. The van der Waals surface area contributed by atoms with Crippen LogP contribution >= 0.6 is 0 Å². The molecule has 1 aliphatic rings. The lowest BCUT2D eigenvalue weighted by atomic mass is 10.0. The van der Waals surface area contributed by atoms with Crippen molar-refractivity contribution in [1.82, 2.24) is 0 Å². The van der Waals surface area contributed by atoms with Gasteiger partial charge in [-0.2, -0.15) is 0 Å². The largest absolute Gasteiger partial charge is 0.480 e. The molecule has 0 spiro atoms. The van der Waals surface area contributed by atoms with Crippen LogP contribution < -0.4 is 9.64 Å². The molecule has 0 bridgehead atoms. The molecule has 1 aromatic rings. The third-order valence-corrected chi connectivity index (χ3v) is 3.26. The van der Waals surface area contributed by atoms with Gasteiger partial charge < -0.3 is 9.84 Å². The molecular weight excluding hydrogens is 274 g/mol. The summed E-state index contributed by atoms with van der Waals surface area (Å²) in [6.07, 6.45) is 0.387. The van der Waals surface area contributed by atoms with Gasteiger partial charge in [0.1, 0.15) is 12.3 Å². The molecule has 6 nitrogen and oxygen atoms in total. The van der Waals surface area contributed by atoms with E-state index in [0.29, 0.717) is 23.4 Å². The van der Waals surface area contributed by atoms with Crippen LogP contribution in [0.25, 0.3) is 0 Å². The van der Waals surface area contributed by atoms with Gasteiger partial charge in [0.05, 0.1) is 5.69 Å². The third-order valence-electron chi connectivity index (χ3n) is 3.26. The molecule has 2 rings (SSSR count). The van der Waals surface area contributed by atoms with Crippen molar-refractivity contribution < 1.29 is 24.2 Å². The van der Waals surface area contributed by atoms with Crippen molar-refractivity contribution in [2.45, 2.75) is 32.8 Å². The first-order chi connectivity index (χ1) is 9.93. The van der Waals surface area contributed by atoms with Crippen LogP contribution in [-0.2, 0) is 9.59 Å². The summed E-state index contributed by atoms with van der Waals surface area (Å²) in [6.45, 7) is 3.02. The Morgan fingerprint density at radius 1 is 1.38 bits per heavy atom. The molecule has 0 aliphatic carbocycles. The maximum Gasteiger partial charge on any atom is 0.323 e. The maximum atomic E-state index is 12.1. The van der Waals surface area contributed by atoms with Crippen LogP contribution in [0.15, 0.2) is 18.2 Å². The Labute approximate surface area is 122 Å². The predicted molar refractivity (Wildman–Crippen MR) is 75.8 cm³/mol. The number of carbonyl (C=O) groups is 3. The van der Waals surface area contributed by atoms with Gasteiger partial charge in [0.15, 0.2) is 11.9 Å². The fraction of sp³-hybridized carbons (Fsp3) is 0.400. The molecule has 6 heteroatoms. The van der Waals surface area contributed by atoms with Crippen LogP contribution in [0.2, 0.25) is 0 Å². The minimum Gasteiger partial charge on any atom is -0.480 e. The zero-order valence-electron chi connectivity index (χ0n) is 12.0. The molecule has 0 fully saturated rings. The van der Waals surface area contributed by atoms with Gasteiger partial charge in [-0.25, -0.2) is 0 Å². The Kier molecular flexibility index (Phi) is 4.26. The van der Waals surface area contributed by atoms with E-state index in [1.165, 1.54) is 6.07 Å². The normalized spacial score (nSPS) is 17.1. The van der Waals surface area contributed by atoms with Crippen molar-refractivity contribution in [1.29, 1.82) is 0 Å². The van der Waals surface area contributed by atoms with Gasteiger partial charge in [-0.15, -0.1) is 0 Å². The van der Waals surface area contributed by atoms with Crippen molar-refractivity contribution in [2.75, 3.05) is 11.4 Å². The number of carboxylic acids is 1. The Hall–Kier alpha value is -2.37. The number of carboxylic acid groups (broad SMARTS) is 1. The van der Waals surface area contributed by atoms with E-state index >= 15 is 0 Å². The number of rotatable bonds is 5. The molecule has 1 heterocycles. The zero-order chi connectivity index (χ0) is 15.6. The molecule has 21 heavy (non-hydrogen) atoms. The highest BCUT2D eigenvalue weighted by atomic mass is 16.5. The van der Waals surface area contributed by atoms with Gasteiger partial charge in [0.25, 0.3) is 5.91 Å². The fourth-order valence-electron chi connectivity index (χ4n) is 2.25. The summed E-state index contributed by atoms with van der Waals surface area (Å²) in [5, 5.41) is 8.96. The molecule has 1 N–H and O–H groups in total. The highest BCUT2D eigenvalue weighted by Gasteiger charge is 2.33. The lowest BCUT2D eigenvalue weighted by Gasteiger charge is -2.32. The lowest BCUT2D eigenvalue weighted by Crippen LogP contribution is -2.46. The Morgan fingerprint density at radius 2 is 2.10 bits per heavy atom. The van der Waals surface area contributed by atoms with E-state index in [1.54, 1.807) is 19.1 Å². The number of hydrogen-bond donors (Lipinski definition) is 1. The molecule has 0 unspecified atom stereocenters. The lowest BCUT2D eigenvalue weighted by molar-refractivity contribution is -0.137. The van der Waals surface area contributed by atoms with E-state index in [0.717, 1.165) is 11.3 Å². The molecule has 0 saturated heterocycles. The van der Waals surface area contributed by atoms with Crippen LogP contribution in [-0.4, -0.2) is 35.4 Å². The van der Waals surface area contributed by atoms with Crippen molar-refractivity contribution in [3.05, 3.63) is 23.8 Å². The van der Waals surface area contributed by atoms with Gasteiger partial charge >= 0.3 is 5.97 Å². The summed E-state index contributed by atoms with van der Waals surface area (Å²) < 4.78 is 5.46. The monoisotopic (exact) mass is 291 g/mol. The van der Waals surface area contributed by atoms with Gasteiger partial charge in [0.2, 0.25) is 0 Å². The average molecular weight is 291 g/mol. The van der Waals surface area contributed by atoms with Gasteiger partial charge in [-0.3, -0.25) is 19.3 Å². The van der Waals surface area contributed by atoms with Crippen molar-refractivity contribution in [3.8, 4) is 5.75 Å². The van der Waals surface area contributed by atoms with Gasteiger partial charge in [-0.1, -0.05) is 6.92 Å². The summed E-state index contributed by atoms with van der Waals surface area (Å²) >= 11 is 0. The molecule has 0 radical (unpaired) electrons. The van der Waals surface area contributed by atoms with Gasteiger partial charge in [-0.05, 0) is 31.5 Å². The summed E-state index contributed by atoms with van der Waals surface area (Å²) in [6, 6.07) is 4.77. The first-order valence-electron chi connectivity index (χ1n) is 6.81. The van der Waals surface area contributed by atoms with E-state index in [9.17, 15) is 14.4 Å². The number of ether oxygens (including phenoxy) is 1. The van der Waals surface area contributed by atoms with Crippen LogP contribution in [0.5, 0.6) is 5.75 Å². The second kappa shape index (κ2) is 5.95. The number of hydrogen-bond acceptors (Lipinski definition) is 4. The number of fused-ring (bicyclic) bond motifs is 1. The molecule has 112 valence electrons. The van der Waals surface area contributed by atoms with Crippen LogP contribution in [0.3, 0.4) is 0 Å². The Morgan fingerprint density at radius 3 is 2.71 bits per heavy atom. The summed E-state index contributed by atoms with van der Waals surface area (Å²) in [5.41, 5.74) is 0.791. The zero-order valence-corrected chi connectivity index (χ0v) is 12.0. The average Bonchev–Trinajstić information content (AvgIpc) is 2.43. The van der Waals surface area contributed by atoms with Crippen molar-refractivity contribution >= 4 is 23.3 Å². The van der Waals surface area contributed by atoms with Gasteiger partial charge in [0, 0.05) is 12.0 Å². The minimum absolute atomic E-state index is 0.0401. The molecule has 1 aliphatic heterocycles. The summed E-state index contributed by atoms with van der Waals surface area (Å²) in [4.78, 5) is 36.1. The van der Waals surface area contributed by atoms with E-state index in [4.69, 9.17) is 9.84 Å². The highest BCUT2D eigenvalue weighted by molar-refractivity contribution is 6.05. The Bertz CT molecular complexity index is 596. The van der Waals surface area contributed by atoms with E-state index in [2.05, 4.69) is 0 Å². The third kappa shape index (κ3) is 3.04. The highest BCUT2D eigenvalue weighted by Crippen LogP contribution is 2.35. The molecule has 1 amide bonds. The minimum atomic E-state index is -1.12. The molecule has 0 saturated carbocycles. The number of anilines is 1. The SMILES string of the molecule is CCCC(=O)c1ccc2c(c1)N(CC(=O)O)C(=O)[C@H](C)O2. The van der Waals surface area contributed by atoms with Crippen LogP contribution in [0.4, 0.5) is 5.69 Å². The number of aliphatic carboxylic acids is 1. The second-order valence-corrected chi connectivity index (χ2v) is 4.93. The topological polar surface area (TPSA) is 83.9 Å². The first kappa shape index (κ1) is 15.0. The van der Waals surface area contributed by atoms with Crippen LogP contribution in [0, 0.1) is 0 Å².